The molecule has 0 saturated carbocycles. The Morgan fingerprint density at radius 3 is 2.94 bits per heavy atom. The molecule has 5 heteroatoms. The van der Waals surface area contributed by atoms with Crippen molar-refractivity contribution in [2.24, 2.45) is 0 Å². The summed E-state index contributed by atoms with van der Waals surface area (Å²) in [5, 5.41) is 5.92. The van der Waals surface area contributed by atoms with Gasteiger partial charge in [0.05, 0.1) is 12.2 Å². The van der Waals surface area contributed by atoms with Crippen LogP contribution in [-0.2, 0) is 6.54 Å². The van der Waals surface area contributed by atoms with Gasteiger partial charge in [0, 0.05) is 15.5 Å². The molecule has 0 amide bonds. The molecule has 16 heavy (non-hydrogen) atoms. The number of nitrogens with zero attached hydrogens (tertiary/aromatic N) is 1. The van der Waals surface area contributed by atoms with Gasteiger partial charge in [-0.2, -0.15) is 0 Å². The van der Waals surface area contributed by atoms with E-state index >= 15 is 0 Å². The van der Waals surface area contributed by atoms with Gasteiger partial charge in [0.15, 0.2) is 5.13 Å². The van der Waals surface area contributed by atoms with Gasteiger partial charge in [0.25, 0.3) is 0 Å². The molecule has 0 fully saturated rings. The second-order valence-electron chi connectivity index (χ2n) is 3.49. The first-order valence-electron chi connectivity index (χ1n) is 4.85. The fraction of sp³-hybridized carbons (Fsp3) is 0.182. The van der Waals surface area contributed by atoms with Crippen molar-refractivity contribution in [1.82, 2.24) is 4.98 Å². The Balaban J connectivity index is 2.04. The zero-order valence-electron chi connectivity index (χ0n) is 8.83. The lowest BCUT2D eigenvalue weighted by Crippen LogP contribution is -2.01. The molecule has 0 aliphatic rings. The minimum absolute atomic E-state index is 0.615. The molecule has 0 unspecified atom stereocenters. The number of halogens is 1. The largest absolute Gasteiger partial charge is 0.379 e. The van der Waals surface area contributed by atoms with Crippen LogP contribution in [0.15, 0.2) is 28.1 Å². The highest BCUT2D eigenvalue weighted by molar-refractivity contribution is 9.10. The Kier molecular flexibility index (Phi) is 3.46. The first-order valence-corrected chi connectivity index (χ1v) is 6.52. The van der Waals surface area contributed by atoms with Crippen LogP contribution in [0.3, 0.4) is 0 Å². The molecule has 1 heterocycles. The third kappa shape index (κ3) is 2.74. The van der Waals surface area contributed by atoms with E-state index in [-0.39, 0.29) is 0 Å². The van der Waals surface area contributed by atoms with Gasteiger partial charge >= 0.3 is 0 Å². The number of aromatic nitrogens is 1. The lowest BCUT2D eigenvalue weighted by molar-refractivity contribution is 1.07. The number of rotatable bonds is 3. The maximum atomic E-state index is 5.57. The topological polar surface area (TPSA) is 50.9 Å². The second kappa shape index (κ2) is 4.84. The summed E-state index contributed by atoms with van der Waals surface area (Å²) in [4.78, 5) is 4.20. The van der Waals surface area contributed by atoms with Gasteiger partial charge < -0.3 is 11.1 Å². The molecule has 0 aliphatic carbocycles. The molecule has 1 aromatic heterocycles. The summed E-state index contributed by atoms with van der Waals surface area (Å²) in [5.74, 6) is 0. The maximum Gasteiger partial charge on any atom is 0.180 e. The Labute approximate surface area is 107 Å². The van der Waals surface area contributed by atoms with E-state index in [1.807, 2.05) is 11.4 Å². The molecule has 0 atom stereocenters. The van der Waals surface area contributed by atoms with E-state index in [1.165, 1.54) is 16.9 Å². The Morgan fingerprint density at radius 1 is 1.50 bits per heavy atom. The second-order valence-corrected chi connectivity index (χ2v) is 5.30. The maximum absolute atomic E-state index is 5.57. The Hall–Kier alpha value is -1.07. The van der Waals surface area contributed by atoms with E-state index in [4.69, 9.17) is 5.73 Å². The van der Waals surface area contributed by atoms with Crippen LogP contribution in [0.1, 0.15) is 11.3 Å². The first-order chi connectivity index (χ1) is 7.65. The SMILES string of the molecule is Cc1cc(Br)ccc1NCc1csc(N)n1. The van der Waals surface area contributed by atoms with Crippen LogP contribution in [0.2, 0.25) is 0 Å². The lowest BCUT2D eigenvalue weighted by atomic mass is 10.2. The summed E-state index contributed by atoms with van der Waals surface area (Å²) >= 11 is 4.91. The van der Waals surface area contributed by atoms with Crippen molar-refractivity contribution >= 4 is 38.1 Å². The summed E-state index contributed by atoms with van der Waals surface area (Å²) < 4.78 is 1.09. The quantitative estimate of drug-likeness (QED) is 0.913. The summed E-state index contributed by atoms with van der Waals surface area (Å²) in [5.41, 5.74) is 8.87. The van der Waals surface area contributed by atoms with E-state index < -0.39 is 0 Å². The predicted molar refractivity (Wildman–Crippen MR) is 72.7 cm³/mol. The molecule has 2 aromatic rings. The summed E-state index contributed by atoms with van der Waals surface area (Å²) in [6.45, 7) is 2.78. The van der Waals surface area contributed by atoms with E-state index in [0.717, 1.165) is 15.9 Å². The number of benzene rings is 1. The fourth-order valence-corrected chi connectivity index (χ4v) is 2.45. The van der Waals surface area contributed by atoms with Gasteiger partial charge in [-0.05, 0) is 30.7 Å². The number of nitrogen functional groups attached to an aromatic ring is 1. The highest BCUT2D eigenvalue weighted by Gasteiger charge is 2.01. The molecular formula is C11H12BrN3S. The van der Waals surface area contributed by atoms with Crippen LogP contribution in [0.25, 0.3) is 0 Å². The number of aryl methyl sites for hydroxylation is 1. The van der Waals surface area contributed by atoms with Gasteiger partial charge in [-0.1, -0.05) is 15.9 Å². The van der Waals surface area contributed by atoms with Crippen LogP contribution in [-0.4, -0.2) is 4.98 Å². The van der Waals surface area contributed by atoms with Gasteiger partial charge in [0.1, 0.15) is 0 Å². The van der Waals surface area contributed by atoms with Crippen LogP contribution in [0, 0.1) is 6.92 Å². The van der Waals surface area contributed by atoms with Gasteiger partial charge in [0.2, 0.25) is 0 Å². The van der Waals surface area contributed by atoms with Crippen molar-refractivity contribution in [2.75, 3.05) is 11.1 Å². The molecule has 0 spiro atoms. The summed E-state index contributed by atoms with van der Waals surface area (Å²) in [6.07, 6.45) is 0. The number of thiazole rings is 1. The first kappa shape index (κ1) is 11.4. The van der Waals surface area contributed by atoms with E-state index in [1.54, 1.807) is 0 Å². The zero-order chi connectivity index (χ0) is 11.5. The fourth-order valence-electron chi connectivity index (χ4n) is 1.42. The van der Waals surface area contributed by atoms with Crippen molar-refractivity contribution < 1.29 is 0 Å². The molecule has 0 bridgehead atoms. The standard InChI is InChI=1S/C11H12BrN3S/c1-7-4-8(12)2-3-10(7)14-5-9-6-16-11(13)15-9/h2-4,6,14H,5H2,1H3,(H2,13,15). The van der Waals surface area contributed by atoms with Crippen LogP contribution in [0.5, 0.6) is 0 Å². The summed E-state index contributed by atoms with van der Waals surface area (Å²) in [6, 6.07) is 6.15. The predicted octanol–water partition coefficient (Wildman–Crippen LogP) is 3.41. The normalized spacial score (nSPS) is 10.4. The molecule has 0 radical (unpaired) electrons. The van der Waals surface area contributed by atoms with Gasteiger partial charge in [-0.25, -0.2) is 4.98 Å². The Morgan fingerprint density at radius 2 is 2.31 bits per heavy atom. The molecule has 1 aromatic carbocycles. The molecule has 84 valence electrons. The molecule has 3 N–H and O–H groups in total. The third-order valence-electron chi connectivity index (χ3n) is 2.22. The van der Waals surface area contributed by atoms with Crippen LogP contribution < -0.4 is 11.1 Å². The van der Waals surface area contributed by atoms with Crippen molar-refractivity contribution in [3.63, 3.8) is 0 Å². The van der Waals surface area contributed by atoms with Crippen molar-refractivity contribution in [3.8, 4) is 0 Å². The van der Waals surface area contributed by atoms with E-state index in [0.29, 0.717) is 11.7 Å². The number of nitrogens with one attached hydrogen (secondary N) is 1. The Bertz CT molecular complexity index is 496. The monoisotopic (exact) mass is 297 g/mol. The highest BCUT2D eigenvalue weighted by Crippen LogP contribution is 2.21. The van der Waals surface area contributed by atoms with Crippen molar-refractivity contribution in [2.45, 2.75) is 13.5 Å². The number of hydrogen-bond donors (Lipinski definition) is 2. The van der Waals surface area contributed by atoms with Gasteiger partial charge in [-0.15, -0.1) is 11.3 Å². The lowest BCUT2D eigenvalue weighted by Gasteiger charge is -2.08. The smallest absolute Gasteiger partial charge is 0.180 e. The summed E-state index contributed by atoms with van der Waals surface area (Å²) in [7, 11) is 0. The van der Waals surface area contributed by atoms with Crippen molar-refractivity contribution in [1.29, 1.82) is 0 Å². The molecule has 2 rings (SSSR count). The van der Waals surface area contributed by atoms with Crippen LogP contribution in [0.4, 0.5) is 10.8 Å². The average molecular weight is 298 g/mol. The average Bonchev–Trinajstić information content (AvgIpc) is 2.63. The minimum Gasteiger partial charge on any atom is -0.379 e. The number of hydrogen-bond acceptors (Lipinski definition) is 4. The molecular weight excluding hydrogens is 286 g/mol. The zero-order valence-corrected chi connectivity index (χ0v) is 11.2. The number of anilines is 2. The van der Waals surface area contributed by atoms with Crippen molar-refractivity contribution in [3.05, 3.63) is 39.3 Å². The van der Waals surface area contributed by atoms with E-state index in [9.17, 15) is 0 Å². The highest BCUT2D eigenvalue weighted by atomic mass is 79.9. The molecule has 3 nitrogen and oxygen atoms in total. The van der Waals surface area contributed by atoms with E-state index in [2.05, 4.69) is 45.3 Å². The minimum atomic E-state index is 0.615. The molecule has 0 saturated heterocycles. The van der Waals surface area contributed by atoms with Gasteiger partial charge in [-0.3, -0.25) is 0 Å². The number of nitrogens with two attached hydrogens (primary N) is 1. The van der Waals surface area contributed by atoms with Crippen LogP contribution >= 0.6 is 27.3 Å². The third-order valence-corrected chi connectivity index (χ3v) is 3.43. The molecule has 0 aliphatic heterocycles.